The Morgan fingerprint density at radius 2 is 2.38 bits per heavy atom. The summed E-state index contributed by atoms with van der Waals surface area (Å²) in [5.41, 5.74) is 0. The Bertz CT molecular complexity index is 253. The molecular weight excluding hydrogens is 244 g/mol. The zero-order chi connectivity index (χ0) is 11.8. The van der Waals surface area contributed by atoms with Gasteiger partial charge in [0.1, 0.15) is 0 Å². The van der Waals surface area contributed by atoms with Gasteiger partial charge < -0.3 is 9.47 Å². The van der Waals surface area contributed by atoms with Crippen LogP contribution in [0.15, 0.2) is 23.3 Å². The van der Waals surface area contributed by atoms with Gasteiger partial charge in [0, 0.05) is 36.7 Å². The fourth-order valence-corrected chi connectivity index (χ4v) is 2.82. The van der Waals surface area contributed by atoms with Gasteiger partial charge in [-0.2, -0.15) is 11.8 Å². The molecule has 92 valence electrons. The predicted octanol–water partition coefficient (Wildman–Crippen LogP) is 3.08. The van der Waals surface area contributed by atoms with E-state index in [-0.39, 0.29) is 6.10 Å². The van der Waals surface area contributed by atoms with E-state index in [1.54, 1.807) is 14.2 Å². The molecule has 0 saturated heterocycles. The largest absolute Gasteiger partial charge is 0.384 e. The summed E-state index contributed by atoms with van der Waals surface area (Å²) in [6, 6.07) is 0. The molecule has 2 nitrogen and oxygen atoms in total. The Morgan fingerprint density at radius 3 is 2.94 bits per heavy atom. The van der Waals surface area contributed by atoms with Gasteiger partial charge in [-0.1, -0.05) is 23.8 Å². The van der Waals surface area contributed by atoms with Crippen molar-refractivity contribution in [3.63, 3.8) is 0 Å². The molecule has 0 saturated carbocycles. The summed E-state index contributed by atoms with van der Waals surface area (Å²) in [7, 11) is 3.50. The van der Waals surface area contributed by atoms with Crippen molar-refractivity contribution in [1.82, 2.24) is 0 Å². The molecule has 0 aromatic carbocycles. The molecule has 16 heavy (non-hydrogen) atoms. The van der Waals surface area contributed by atoms with Gasteiger partial charge >= 0.3 is 0 Å². The minimum Gasteiger partial charge on any atom is -0.384 e. The number of allylic oxidation sites excluding steroid dienone is 3. The highest BCUT2D eigenvalue weighted by Crippen LogP contribution is 2.24. The van der Waals surface area contributed by atoms with Crippen LogP contribution in [0.3, 0.4) is 0 Å². The van der Waals surface area contributed by atoms with Gasteiger partial charge in [0.15, 0.2) is 0 Å². The van der Waals surface area contributed by atoms with E-state index in [0.717, 1.165) is 29.6 Å². The summed E-state index contributed by atoms with van der Waals surface area (Å²) < 4.78 is 10.5. The molecule has 2 unspecified atom stereocenters. The van der Waals surface area contributed by atoms with Crippen LogP contribution in [-0.2, 0) is 9.47 Å². The lowest BCUT2D eigenvalue weighted by molar-refractivity contribution is 0.0881. The van der Waals surface area contributed by atoms with Crippen LogP contribution in [0.25, 0.3) is 0 Å². The first-order valence-electron chi connectivity index (χ1n) is 5.41. The summed E-state index contributed by atoms with van der Waals surface area (Å²) >= 11 is 7.75. The molecule has 0 fully saturated rings. The van der Waals surface area contributed by atoms with Gasteiger partial charge in [0.05, 0.1) is 12.7 Å². The number of hydrogen-bond donors (Lipinski definition) is 0. The average Bonchev–Trinajstić information content (AvgIpc) is 2.31. The second-order valence-corrected chi connectivity index (χ2v) is 5.28. The van der Waals surface area contributed by atoms with E-state index in [2.05, 4.69) is 12.2 Å². The fraction of sp³-hybridized carbons (Fsp3) is 0.667. The maximum Gasteiger partial charge on any atom is 0.0727 e. The first-order valence-corrected chi connectivity index (χ1v) is 6.94. The van der Waals surface area contributed by atoms with Crippen molar-refractivity contribution in [2.75, 3.05) is 32.3 Å². The second kappa shape index (κ2) is 8.18. The first kappa shape index (κ1) is 14.1. The number of thioether (sulfide) groups is 1. The SMILES string of the molecule is COCCSCC(OC)C1C=CC(Cl)=CC1. The summed E-state index contributed by atoms with van der Waals surface area (Å²) in [6.07, 6.45) is 7.39. The molecule has 0 bridgehead atoms. The number of halogens is 1. The Balaban J connectivity index is 2.29. The zero-order valence-electron chi connectivity index (χ0n) is 9.82. The molecule has 0 spiro atoms. The minimum absolute atomic E-state index is 0.263. The Morgan fingerprint density at radius 1 is 1.56 bits per heavy atom. The molecule has 2 atom stereocenters. The van der Waals surface area contributed by atoms with Crippen LogP contribution in [0.5, 0.6) is 0 Å². The quantitative estimate of drug-likeness (QED) is 0.657. The maximum atomic E-state index is 5.89. The molecule has 0 aromatic heterocycles. The van der Waals surface area contributed by atoms with Crippen LogP contribution < -0.4 is 0 Å². The second-order valence-electron chi connectivity index (χ2n) is 3.69. The highest BCUT2D eigenvalue weighted by molar-refractivity contribution is 7.99. The lowest BCUT2D eigenvalue weighted by Gasteiger charge is -2.24. The summed E-state index contributed by atoms with van der Waals surface area (Å²) in [6.45, 7) is 0.799. The maximum absolute atomic E-state index is 5.89. The van der Waals surface area contributed by atoms with E-state index < -0.39 is 0 Å². The Labute approximate surface area is 107 Å². The zero-order valence-corrected chi connectivity index (χ0v) is 11.4. The molecule has 1 aliphatic carbocycles. The van der Waals surface area contributed by atoms with Crippen LogP contribution in [-0.4, -0.2) is 38.4 Å². The summed E-state index contributed by atoms with van der Waals surface area (Å²) in [5, 5.41) is 0.832. The molecule has 0 aromatic rings. The molecule has 4 heteroatoms. The highest BCUT2D eigenvalue weighted by Gasteiger charge is 2.19. The molecule has 1 rings (SSSR count). The third kappa shape index (κ3) is 4.91. The monoisotopic (exact) mass is 262 g/mol. The van der Waals surface area contributed by atoms with E-state index in [0.29, 0.717) is 5.92 Å². The van der Waals surface area contributed by atoms with Crippen LogP contribution in [0, 0.1) is 5.92 Å². The van der Waals surface area contributed by atoms with Crippen molar-refractivity contribution >= 4 is 23.4 Å². The van der Waals surface area contributed by atoms with Crippen molar-refractivity contribution in [2.24, 2.45) is 5.92 Å². The van der Waals surface area contributed by atoms with E-state index in [1.165, 1.54) is 0 Å². The fourth-order valence-electron chi connectivity index (χ4n) is 1.59. The van der Waals surface area contributed by atoms with Crippen molar-refractivity contribution in [1.29, 1.82) is 0 Å². The topological polar surface area (TPSA) is 18.5 Å². The summed E-state index contributed by atoms with van der Waals surface area (Å²) in [5.74, 6) is 2.46. The normalized spacial score (nSPS) is 21.9. The van der Waals surface area contributed by atoms with E-state index in [1.807, 2.05) is 17.8 Å². The van der Waals surface area contributed by atoms with Crippen LogP contribution >= 0.6 is 23.4 Å². The van der Waals surface area contributed by atoms with Crippen molar-refractivity contribution in [2.45, 2.75) is 12.5 Å². The lowest BCUT2D eigenvalue weighted by atomic mass is 9.95. The average molecular weight is 263 g/mol. The molecule has 0 heterocycles. The van der Waals surface area contributed by atoms with Crippen LogP contribution in [0.1, 0.15) is 6.42 Å². The minimum atomic E-state index is 0.263. The van der Waals surface area contributed by atoms with Crippen LogP contribution in [0.4, 0.5) is 0 Å². The van der Waals surface area contributed by atoms with E-state index in [4.69, 9.17) is 21.1 Å². The van der Waals surface area contributed by atoms with E-state index in [9.17, 15) is 0 Å². The van der Waals surface area contributed by atoms with Gasteiger partial charge in [-0.3, -0.25) is 0 Å². The van der Waals surface area contributed by atoms with Crippen LogP contribution in [0.2, 0.25) is 0 Å². The third-order valence-electron chi connectivity index (χ3n) is 2.58. The Hall–Kier alpha value is 0.0400. The predicted molar refractivity (Wildman–Crippen MR) is 71.2 cm³/mol. The van der Waals surface area contributed by atoms with Gasteiger partial charge in [0.2, 0.25) is 0 Å². The van der Waals surface area contributed by atoms with Gasteiger partial charge in [-0.05, 0) is 12.5 Å². The van der Waals surface area contributed by atoms with Gasteiger partial charge in [0.25, 0.3) is 0 Å². The summed E-state index contributed by atoms with van der Waals surface area (Å²) in [4.78, 5) is 0. The lowest BCUT2D eigenvalue weighted by Crippen LogP contribution is -2.25. The standard InChI is InChI=1S/C12H19ClO2S/c1-14-7-8-16-9-12(15-2)10-3-5-11(13)6-4-10/h3,5-6,10,12H,4,7-9H2,1-2H3. The van der Waals surface area contributed by atoms with Gasteiger partial charge in [-0.25, -0.2) is 0 Å². The molecular formula is C12H19ClO2S. The smallest absolute Gasteiger partial charge is 0.0727 e. The number of rotatable bonds is 7. The van der Waals surface area contributed by atoms with E-state index >= 15 is 0 Å². The molecule has 0 aliphatic heterocycles. The first-order chi connectivity index (χ1) is 7.77. The van der Waals surface area contributed by atoms with Gasteiger partial charge in [-0.15, -0.1) is 0 Å². The molecule has 0 radical (unpaired) electrons. The van der Waals surface area contributed by atoms with Crippen molar-refractivity contribution in [3.8, 4) is 0 Å². The molecule has 1 aliphatic rings. The van der Waals surface area contributed by atoms with Crippen molar-refractivity contribution < 1.29 is 9.47 Å². The van der Waals surface area contributed by atoms with Crippen molar-refractivity contribution in [3.05, 3.63) is 23.3 Å². The number of hydrogen-bond acceptors (Lipinski definition) is 3. The number of methoxy groups -OCH3 is 2. The molecule has 0 N–H and O–H groups in total. The third-order valence-corrected chi connectivity index (χ3v) is 3.88. The molecule has 0 amide bonds. The highest BCUT2D eigenvalue weighted by atomic mass is 35.5. The Kier molecular flexibility index (Phi) is 7.21. The number of ether oxygens (including phenoxy) is 2.